The van der Waals surface area contributed by atoms with Crippen LogP contribution in [0.1, 0.15) is 0 Å². The molecule has 0 unspecified atom stereocenters. The van der Waals surface area contributed by atoms with Gasteiger partial charge in [-0.05, 0) is 139 Å². The van der Waals surface area contributed by atoms with Gasteiger partial charge < -0.3 is 9.13 Å². The summed E-state index contributed by atoms with van der Waals surface area (Å²) in [4.78, 5) is 0. The molecule has 0 bridgehead atoms. The Kier molecular flexibility index (Phi) is 10.6. The minimum absolute atomic E-state index is 1.15. The molecule has 2 heteroatoms. The second-order valence-electron chi connectivity index (χ2n) is 19.3. The van der Waals surface area contributed by atoms with E-state index in [9.17, 15) is 0 Å². The van der Waals surface area contributed by atoms with Crippen molar-refractivity contribution in [3.63, 3.8) is 0 Å². The molecule has 12 aromatic carbocycles. The lowest BCUT2D eigenvalue weighted by Crippen LogP contribution is -1.97. The van der Waals surface area contributed by atoms with Crippen molar-refractivity contribution in [2.45, 2.75) is 0 Å². The van der Waals surface area contributed by atoms with Gasteiger partial charge in [0.2, 0.25) is 0 Å². The van der Waals surface area contributed by atoms with Gasteiger partial charge in [0.1, 0.15) is 0 Å². The molecule has 0 aliphatic heterocycles. The molecule has 0 atom stereocenters. The summed E-state index contributed by atoms with van der Waals surface area (Å²) in [5.41, 5.74) is 23.9. The summed E-state index contributed by atoms with van der Waals surface area (Å²) in [5.74, 6) is 0. The number of aromatic nitrogens is 2. The zero-order valence-electron chi connectivity index (χ0n) is 40.6. The SMILES string of the molecule is c1ccc(-c2ccc(-c3cccc(-c4cccc(-c5ccc(-c6ccccc6-n6c7ccccc7c7cc(-c8ccc9c(c8)c8ccccc8n9-c8ccc(-c9ccccc9)cc8)ccc76)cc5)c4)c3)cc2)cc1. The summed E-state index contributed by atoms with van der Waals surface area (Å²) in [5, 5.41) is 4.95. The molecule has 2 aromatic heterocycles. The van der Waals surface area contributed by atoms with Crippen molar-refractivity contribution in [1.29, 1.82) is 0 Å². The minimum atomic E-state index is 1.15. The van der Waals surface area contributed by atoms with E-state index in [2.05, 4.69) is 300 Å². The highest BCUT2D eigenvalue weighted by molar-refractivity contribution is 6.13. The van der Waals surface area contributed by atoms with Crippen LogP contribution in [0.25, 0.3) is 133 Å². The van der Waals surface area contributed by atoms with Crippen LogP contribution < -0.4 is 0 Å². The molecule has 346 valence electrons. The third kappa shape index (κ3) is 7.60. The van der Waals surface area contributed by atoms with E-state index in [4.69, 9.17) is 0 Å². The van der Waals surface area contributed by atoms with Crippen LogP contribution in [0.2, 0.25) is 0 Å². The molecule has 2 nitrogen and oxygen atoms in total. The Labute approximate surface area is 431 Å². The van der Waals surface area contributed by atoms with E-state index < -0.39 is 0 Å². The first-order chi connectivity index (χ1) is 36.7. The van der Waals surface area contributed by atoms with Crippen LogP contribution in [0.15, 0.2) is 291 Å². The maximum atomic E-state index is 2.45. The molecular formula is C72H48N2. The molecule has 0 saturated heterocycles. The van der Waals surface area contributed by atoms with Gasteiger partial charge in [0.05, 0.1) is 27.8 Å². The lowest BCUT2D eigenvalue weighted by molar-refractivity contribution is 1.18. The number of hydrogen-bond acceptors (Lipinski definition) is 0. The Morgan fingerprint density at radius 3 is 1.03 bits per heavy atom. The van der Waals surface area contributed by atoms with Gasteiger partial charge in [0.25, 0.3) is 0 Å². The molecule has 0 amide bonds. The third-order valence-electron chi connectivity index (χ3n) is 15.0. The van der Waals surface area contributed by atoms with E-state index in [1.807, 2.05) is 0 Å². The van der Waals surface area contributed by atoms with Crippen molar-refractivity contribution >= 4 is 43.6 Å². The van der Waals surface area contributed by atoms with Gasteiger partial charge in [-0.15, -0.1) is 0 Å². The summed E-state index contributed by atoms with van der Waals surface area (Å²) in [6.07, 6.45) is 0. The van der Waals surface area contributed by atoms with Crippen LogP contribution in [0.4, 0.5) is 0 Å². The predicted octanol–water partition coefficient (Wildman–Crippen LogP) is 19.5. The highest BCUT2D eigenvalue weighted by Gasteiger charge is 2.18. The standard InChI is InChI=1S/C72H48N2/c1-3-15-49(16-4-1)51-29-31-53(32-30-51)56-19-13-21-58(45-56)59-22-14-20-57(46-59)54-33-35-55(36-34-54)63-23-7-10-26-68(63)74-70-28-12-9-25-65(70)67-48-61(40-44-72(67)74)60-39-43-71-66(47-60)64-24-8-11-27-69(64)73(71)62-41-37-52(38-42-62)50-17-5-2-6-18-50/h1-48H. The Morgan fingerprint density at radius 1 is 0.176 bits per heavy atom. The Balaban J connectivity index is 0.778. The second-order valence-corrected chi connectivity index (χ2v) is 19.3. The first kappa shape index (κ1) is 43.1. The molecule has 2 heterocycles. The summed E-state index contributed by atoms with van der Waals surface area (Å²) in [6.45, 7) is 0. The molecule has 14 aromatic rings. The fourth-order valence-corrected chi connectivity index (χ4v) is 11.3. The number of rotatable bonds is 9. The quantitative estimate of drug-likeness (QED) is 0.136. The van der Waals surface area contributed by atoms with E-state index in [0.717, 1.165) is 11.4 Å². The van der Waals surface area contributed by atoms with Gasteiger partial charge in [-0.25, -0.2) is 0 Å². The van der Waals surface area contributed by atoms with E-state index in [1.165, 1.54) is 122 Å². The topological polar surface area (TPSA) is 9.86 Å². The van der Waals surface area contributed by atoms with Gasteiger partial charge >= 0.3 is 0 Å². The van der Waals surface area contributed by atoms with Crippen molar-refractivity contribution in [2.75, 3.05) is 0 Å². The van der Waals surface area contributed by atoms with Crippen LogP contribution in [-0.4, -0.2) is 9.13 Å². The van der Waals surface area contributed by atoms with E-state index >= 15 is 0 Å². The molecule has 0 aliphatic carbocycles. The average Bonchev–Trinajstić information content (AvgIpc) is 4.00. The molecule has 0 fully saturated rings. The minimum Gasteiger partial charge on any atom is -0.309 e. The summed E-state index contributed by atoms with van der Waals surface area (Å²) < 4.78 is 4.85. The van der Waals surface area contributed by atoms with Crippen LogP contribution in [0.5, 0.6) is 0 Å². The molecule has 14 rings (SSSR count). The zero-order valence-corrected chi connectivity index (χ0v) is 40.6. The fourth-order valence-electron chi connectivity index (χ4n) is 11.3. The maximum absolute atomic E-state index is 2.45. The predicted molar refractivity (Wildman–Crippen MR) is 313 cm³/mol. The van der Waals surface area contributed by atoms with Crippen molar-refractivity contribution in [3.8, 4) is 89.3 Å². The average molecular weight is 941 g/mol. The zero-order chi connectivity index (χ0) is 49.0. The monoisotopic (exact) mass is 940 g/mol. The number of para-hydroxylation sites is 3. The first-order valence-electron chi connectivity index (χ1n) is 25.5. The highest BCUT2D eigenvalue weighted by Crippen LogP contribution is 2.41. The van der Waals surface area contributed by atoms with Gasteiger partial charge in [0.15, 0.2) is 0 Å². The highest BCUT2D eigenvalue weighted by atomic mass is 15.0. The van der Waals surface area contributed by atoms with E-state index in [-0.39, 0.29) is 0 Å². The maximum Gasteiger partial charge on any atom is 0.0541 e. The van der Waals surface area contributed by atoms with Gasteiger partial charge in [0, 0.05) is 32.8 Å². The lowest BCUT2D eigenvalue weighted by atomic mass is 9.94. The number of fused-ring (bicyclic) bond motifs is 6. The first-order valence-corrected chi connectivity index (χ1v) is 25.5. The summed E-state index contributed by atoms with van der Waals surface area (Å²) in [6, 6.07) is 106. The normalized spacial score (nSPS) is 11.5. The van der Waals surface area contributed by atoms with Crippen LogP contribution in [0, 0.1) is 0 Å². The smallest absolute Gasteiger partial charge is 0.0541 e. The van der Waals surface area contributed by atoms with Crippen LogP contribution >= 0.6 is 0 Å². The molecule has 0 spiro atoms. The number of hydrogen-bond donors (Lipinski definition) is 0. The summed E-state index contributed by atoms with van der Waals surface area (Å²) >= 11 is 0. The van der Waals surface area contributed by atoms with Gasteiger partial charge in [-0.3, -0.25) is 0 Å². The van der Waals surface area contributed by atoms with Gasteiger partial charge in [-0.2, -0.15) is 0 Å². The molecule has 0 radical (unpaired) electrons. The number of benzene rings is 12. The number of nitrogens with zero attached hydrogens (tertiary/aromatic N) is 2. The Bertz CT molecular complexity index is 4370. The van der Waals surface area contributed by atoms with Crippen molar-refractivity contribution in [2.24, 2.45) is 0 Å². The molecule has 0 N–H and O–H groups in total. The van der Waals surface area contributed by atoms with Crippen molar-refractivity contribution in [3.05, 3.63) is 291 Å². The van der Waals surface area contributed by atoms with Crippen LogP contribution in [-0.2, 0) is 0 Å². The molecular weight excluding hydrogens is 893 g/mol. The third-order valence-corrected chi connectivity index (χ3v) is 15.0. The van der Waals surface area contributed by atoms with E-state index in [0.29, 0.717) is 0 Å². The Morgan fingerprint density at radius 2 is 0.500 bits per heavy atom. The van der Waals surface area contributed by atoms with Crippen molar-refractivity contribution in [1.82, 2.24) is 9.13 Å². The van der Waals surface area contributed by atoms with Crippen molar-refractivity contribution < 1.29 is 0 Å². The summed E-state index contributed by atoms with van der Waals surface area (Å²) in [7, 11) is 0. The fraction of sp³-hybridized carbons (Fsp3) is 0. The second kappa shape index (κ2) is 18.1. The van der Waals surface area contributed by atoms with Crippen LogP contribution in [0.3, 0.4) is 0 Å². The molecule has 0 aliphatic rings. The molecule has 74 heavy (non-hydrogen) atoms. The lowest BCUT2D eigenvalue weighted by Gasteiger charge is -2.15. The molecule has 0 saturated carbocycles. The van der Waals surface area contributed by atoms with Gasteiger partial charge in [-0.1, -0.05) is 224 Å². The van der Waals surface area contributed by atoms with E-state index in [1.54, 1.807) is 0 Å². The Hall–Kier alpha value is -9.76. The largest absolute Gasteiger partial charge is 0.309 e.